The largest absolute Gasteiger partial charge is 0.279 e. The third-order valence-electron chi connectivity index (χ3n) is 3.14. The highest BCUT2D eigenvalue weighted by Crippen LogP contribution is 2.33. The molecular formula is C15H12BrClFNO3S. The Labute approximate surface area is 147 Å². The van der Waals surface area contributed by atoms with Crippen molar-refractivity contribution in [2.75, 3.05) is 4.31 Å². The molecule has 0 bridgehead atoms. The van der Waals surface area contributed by atoms with E-state index in [-0.39, 0.29) is 10.6 Å². The predicted octanol–water partition coefficient (Wildman–Crippen LogP) is 3.94. The minimum Gasteiger partial charge on any atom is -0.279 e. The number of hydrogen-bond acceptors (Lipinski definition) is 3. The zero-order valence-corrected chi connectivity index (χ0v) is 15.1. The molecule has 2 rings (SSSR count). The van der Waals surface area contributed by atoms with Gasteiger partial charge >= 0.3 is 0 Å². The molecule has 0 radical (unpaired) electrons. The van der Waals surface area contributed by atoms with Crippen molar-refractivity contribution in [3.05, 3.63) is 58.8 Å². The van der Waals surface area contributed by atoms with Crippen molar-refractivity contribution < 1.29 is 17.6 Å². The predicted molar refractivity (Wildman–Crippen MR) is 90.5 cm³/mol. The van der Waals surface area contributed by atoms with Gasteiger partial charge in [0.2, 0.25) is 5.24 Å². The Kier molecular flexibility index (Phi) is 5.44. The summed E-state index contributed by atoms with van der Waals surface area (Å²) in [4.78, 5) is 11.4. The number of carbonyl (C=O) groups excluding carboxylic acids is 1. The Morgan fingerprint density at radius 3 is 2.26 bits per heavy atom. The highest BCUT2D eigenvalue weighted by atomic mass is 79.9. The van der Waals surface area contributed by atoms with Crippen LogP contribution in [0.15, 0.2) is 57.9 Å². The average molecular weight is 421 g/mol. The van der Waals surface area contributed by atoms with Gasteiger partial charge in [0.1, 0.15) is 11.9 Å². The van der Waals surface area contributed by atoms with E-state index in [4.69, 9.17) is 11.6 Å². The molecule has 0 aliphatic heterocycles. The summed E-state index contributed by atoms with van der Waals surface area (Å²) in [6, 6.07) is 9.76. The number of nitrogens with zero attached hydrogens (tertiary/aromatic N) is 1. The summed E-state index contributed by atoms with van der Waals surface area (Å²) >= 11 is 8.79. The molecule has 8 heteroatoms. The average Bonchev–Trinajstić information content (AvgIpc) is 2.49. The topological polar surface area (TPSA) is 54.5 Å². The van der Waals surface area contributed by atoms with Gasteiger partial charge in [-0.25, -0.2) is 12.8 Å². The Balaban J connectivity index is 2.64. The van der Waals surface area contributed by atoms with Crippen LogP contribution in [0.3, 0.4) is 0 Å². The molecule has 1 unspecified atom stereocenters. The van der Waals surface area contributed by atoms with Crippen LogP contribution < -0.4 is 4.31 Å². The van der Waals surface area contributed by atoms with Gasteiger partial charge in [0.15, 0.2) is 0 Å². The van der Waals surface area contributed by atoms with Crippen molar-refractivity contribution in [3.63, 3.8) is 0 Å². The molecule has 0 fully saturated rings. The first kappa shape index (κ1) is 17.9. The Morgan fingerprint density at radius 2 is 1.74 bits per heavy atom. The van der Waals surface area contributed by atoms with Crippen molar-refractivity contribution >= 4 is 48.5 Å². The molecule has 122 valence electrons. The fourth-order valence-corrected chi connectivity index (χ4v) is 4.38. The zero-order valence-electron chi connectivity index (χ0n) is 11.9. The van der Waals surface area contributed by atoms with Crippen LogP contribution in [0, 0.1) is 5.82 Å². The monoisotopic (exact) mass is 419 g/mol. The Hall–Kier alpha value is -1.44. The lowest BCUT2D eigenvalue weighted by atomic mass is 10.3. The van der Waals surface area contributed by atoms with E-state index in [2.05, 4.69) is 15.9 Å². The molecule has 0 saturated heterocycles. The Morgan fingerprint density at radius 1 is 1.17 bits per heavy atom. The van der Waals surface area contributed by atoms with Crippen LogP contribution in [-0.4, -0.2) is 19.7 Å². The molecule has 0 amide bonds. The molecule has 2 aromatic rings. The molecule has 0 aliphatic rings. The molecule has 0 aromatic heterocycles. The number of benzene rings is 2. The molecule has 23 heavy (non-hydrogen) atoms. The summed E-state index contributed by atoms with van der Waals surface area (Å²) in [5.74, 6) is -0.558. The summed E-state index contributed by atoms with van der Waals surface area (Å²) in [6.45, 7) is 1.38. The van der Waals surface area contributed by atoms with Gasteiger partial charge in [-0.05, 0) is 70.9 Å². The van der Waals surface area contributed by atoms with Gasteiger partial charge in [-0.1, -0.05) is 12.1 Å². The maximum absolute atomic E-state index is 13.1. The van der Waals surface area contributed by atoms with Crippen LogP contribution in [0.1, 0.15) is 6.92 Å². The first-order valence-corrected chi connectivity index (χ1v) is 9.10. The second kappa shape index (κ2) is 6.98. The van der Waals surface area contributed by atoms with Gasteiger partial charge in [-0.15, -0.1) is 0 Å². The van der Waals surface area contributed by atoms with E-state index in [0.29, 0.717) is 4.47 Å². The van der Waals surface area contributed by atoms with Crippen molar-refractivity contribution in [1.82, 2.24) is 0 Å². The number of para-hydroxylation sites is 1. The van der Waals surface area contributed by atoms with Gasteiger partial charge in [-0.2, -0.15) is 0 Å². The lowest BCUT2D eigenvalue weighted by Crippen LogP contribution is -2.42. The van der Waals surface area contributed by atoms with Crippen molar-refractivity contribution in [2.45, 2.75) is 17.9 Å². The lowest BCUT2D eigenvalue weighted by Gasteiger charge is -2.29. The van der Waals surface area contributed by atoms with Gasteiger partial charge in [-0.3, -0.25) is 9.10 Å². The van der Waals surface area contributed by atoms with Crippen LogP contribution in [-0.2, 0) is 14.8 Å². The lowest BCUT2D eigenvalue weighted by molar-refractivity contribution is -0.112. The molecule has 0 saturated carbocycles. The second-order valence-corrected chi connectivity index (χ2v) is 7.73. The first-order valence-electron chi connectivity index (χ1n) is 6.49. The van der Waals surface area contributed by atoms with Crippen molar-refractivity contribution in [1.29, 1.82) is 0 Å². The first-order chi connectivity index (χ1) is 10.7. The van der Waals surface area contributed by atoms with Gasteiger partial charge in [0.25, 0.3) is 10.0 Å². The van der Waals surface area contributed by atoms with Crippen LogP contribution in [0.2, 0.25) is 0 Å². The molecule has 1 atom stereocenters. The molecule has 0 N–H and O–H groups in total. The van der Waals surface area contributed by atoms with Crippen molar-refractivity contribution in [2.24, 2.45) is 0 Å². The summed E-state index contributed by atoms with van der Waals surface area (Å²) < 4.78 is 40.3. The van der Waals surface area contributed by atoms with Gasteiger partial charge in [0.05, 0.1) is 10.6 Å². The third kappa shape index (κ3) is 3.73. The van der Waals surface area contributed by atoms with E-state index in [9.17, 15) is 17.6 Å². The van der Waals surface area contributed by atoms with E-state index >= 15 is 0 Å². The van der Waals surface area contributed by atoms with E-state index in [1.165, 1.54) is 6.92 Å². The zero-order chi connectivity index (χ0) is 17.2. The third-order valence-corrected chi connectivity index (χ3v) is 6.03. The fourth-order valence-electron chi connectivity index (χ4n) is 1.99. The van der Waals surface area contributed by atoms with Crippen LogP contribution in [0.4, 0.5) is 10.1 Å². The number of sulfonamides is 1. The highest BCUT2D eigenvalue weighted by molar-refractivity contribution is 9.10. The maximum atomic E-state index is 13.1. The quantitative estimate of drug-likeness (QED) is 0.689. The molecule has 0 aliphatic carbocycles. The standard InChI is InChI=1S/C15H12BrClFNO3S/c1-10(15(17)20)19(14-5-3-2-4-13(14)16)23(21,22)12-8-6-11(18)7-9-12/h2-10H,1H3. The summed E-state index contributed by atoms with van der Waals surface area (Å²) in [6.07, 6.45) is 0. The molecule has 0 heterocycles. The van der Waals surface area contributed by atoms with E-state index in [1.807, 2.05) is 0 Å². The minimum atomic E-state index is -4.11. The summed E-state index contributed by atoms with van der Waals surface area (Å²) in [5, 5.41) is -0.827. The van der Waals surface area contributed by atoms with Gasteiger partial charge in [0, 0.05) is 4.47 Å². The highest BCUT2D eigenvalue weighted by Gasteiger charge is 2.33. The van der Waals surface area contributed by atoms with E-state index in [1.54, 1.807) is 24.3 Å². The minimum absolute atomic E-state index is 0.139. The number of anilines is 1. The number of carbonyl (C=O) groups is 1. The molecule has 4 nitrogen and oxygen atoms in total. The summed E-state index contributed by atoms with van der Waals surface area (Å²) in [5.41, 5.74) is 0.262. The maximum Gasteiger partial charge on any atom is 0.265 e. The second-order valence-electron chi connectivity index (χ2n) is 4.69. The van der Waals surface area contributed by atoms with Crippen LogP contribution in [0.25, 0.3) is 0 Å². The smallest absolute Gasteiger partial charge is 0.265 e. The molecule has 0 spiro atoms. The number of halogens is 3. The van der Waals surface area contributed by atoms with E-state index in [0.717, 1.165) is 28.6 Å². The van der Waals surface area contributed by atoms with E-state index < -0.39 is 27.1 Å². The SMILES string of the molecule is CC(C(=O)Cl)N(c1ccccc1Br)S(=O)(=O)c1ccc(F)cc1. The number of hydrogen-bond donors (Lipinski definition) is 0. The van der Waals surface area contributed by atoms with Gasteiger partial charge < -0.3 is 0 Å². The molecular weight excluding hydrogens is 409 g/mol. The van der Waals surface area contributed by atoms with Crippen molar-refractivity contribution in [3.8, 4) is 0 Å². The van der Waals surface area contributed by atoms with Crippen LogP contribution >= 0.6 is 27.5 Å². The normalized spacial score (nSPS) is 12.7. The molecule has 2 aromatic carbocycles. The Bertz CT molecular complexity index is 827. The summed E-state index contributed by atoms with van der Waals surface area (Å²) in [7, 11) is -4.11. The van der Waals surface area contributed by atoms with Crippen LogP contribution in [0.5, 0.6) is 0 Å². The number of rotatable bonds is 5. The fraction of sp³-hybridized carbons (Fsp3) is 0.133.